The first-order chi connectivity index (χ1) is 17.7. The van der Waals surface area contributed by atoms with E-state index in [2.05, 4.69) is 9.97 Å². The fraction of sp³-hybridized carbons (Fsp3) is 0.458. The number of halogens is 2. The predicted octanol–water partition coefficient (Wildman–Crippen LogP) is 1.65. The first kappa shape index (κ1) is 24.5. The number of aliphatic hydroxyl groups is 1. The lowest BCUT2D eigenvalue weighted by Gasteiger charge is -2.29. The van der Waals surface area contributed by atoms with Gasteiger partial charge in [-0.05, 0) is 24.3 Å². The number of nitrogens with zero attached hydrogens (tertiary/aromatic N) is 2. The van der Waals surface area contributed by atoms with Crippen LogP contribution in [0.25, 0.3) is 22.3 Å². The average molecular weight is 538 g/mol. The fourth-order valence-electron chi connectivity index (χ4n) is 5.09. The van der Waals surface area contributed by atoms with E-state index in [0.29, 0.717) is 37.5 Å². The summed E-state index contributed by atoms with van der Waals surface area (Å²) in [6.07, 6.45) is -1.59. The smallest absolute Gasteiger partial charge is 0.213 e. The lowest BCUT2D eigenvalue weighted by molar-refractivity contribution is 0.00739. The van der Waals surface area contributed by atoms with E-state index in [1.165, 1.54) is 24.3 Å². The highest BCUT2D eigenvalue weighted by Crippen LogP contribution is 2.37. The van der Waals surface area contributed by atoms with Crippen LogP contribution in [-0.4, -0.2) is 93.7 Å². The van der Waals surface area contributed by atoms with Gasteiger partial charge in [-0.2, -0.15) is 0 Å². The second kappa shape index (κ2) is 9.17. The van der Waals surface area contributed by atoms with E-state index in [1.54, 1.807) is 0 Å². The van der Waals surface area contributed by atoms with Crippen molar-refractivity contribution in [2.75, 3.05) is 50.7 Å². The molecule has 2 aromatic heterocycles. The fourth-order valence-corrected chi connectivity index (χ4v) is 6.03. The molecular weight excluding hydrogens is 512 g/mol. The number of ether oxygens (including phenoxy) is 4. The minimum absolute atomic E-state index is 0.00565. The molecule has 10 nitrogen and oxygen atoms in total. The number of fused-ring (bicyclic) bond motifs is 2. The van der Waals surface area contributed by atoms with Crippen LogP contribution in [0.15, 0.2) is 29.2 Å². The lowest BCUT2D eigenvalue weighted by atomic mass is 10.1. The van der Waals surface area contributed by atoms with Crippen molar-refractivity contribution in [2.45, 2.75) is 29.3 Å². The first-order valence-electron chi connectivity index (χ1n) is 11.8. The maximum atomic E-state index is 15.2. The third-order valence-corrected chi connectivity index (χ3v) is 7.97. The number of H-pyrrole nitrogens is 1. The molecule has 13 heteroatoms. The van der Waals surface area contributed by atoms with Gasteiger partial charge in [-0.25, -0.2) is 22.2 Å². The molecule has 3 fully saturated rings. The maximum Gasteiger partial charge on any atom is 0.213 e. The monoisotopic (exact) mass is 537 g/mol. The van der Waals surface area contributed by atoms with Crippen molar-refractivity contribution in [3.8, 4) is 17.1 Å². The Morgan fingerprint density at radius 1 is 1.11 bits per heavy atom. The van der Waals surface area contributed by atoms with Crippen LogP contribution in [0.4, 0.5) is 14.5 Å². The summed E-state index contributed by atoms with van der Waals surface area (Å²) in [6, 6.07) is 5.39. The molecule has 3 aromatic rings. The standard InChI is InChI=1S/C24H25F2N3O7S/c1-37(31,32)23-20-16(28-24(23)36-18-11-35-21-17(30)10-34-22(18)21)3-2-15(27-20)19-13(25)8-12(9-14(19)26)29-4-6-33-7-5-29/h2-3,8-9,17-18,21-22,28,30H,4-7,10-11H2,1H3/t17-,18-,21-,22-/m1/s1. The van der Waals surface area contributed by atoms with Gasteiger partial charge < -0.3 is 33.9 Å². The summed E-state index contributed by atoms with van der Waals surface area (Å²) in [6.45, 7) is 2.16. The molecule has 198 valence electrons. The van der Waals surface area contributed by atoms with Crippen LogP contribution in [-0.2, 0) is 24.0 Å². The lowest BCUT2D eigenvalue weighted by Crippen LogP contribution is -2.36. The van der Waals surface area contributed by atoms with Gasteiger partial charge in [-0.15, -0.1) is 0 Å². The molecule has 37 heavy (non-hydrogen) atoms. The summed E-state index contributed by atoms with van der Waals surface area (Å²) in [4.78, 5) is 8.84. The molecule has 5 heterocycles. The number of sulfone groups is 1. The van der Waals surface area contributed by atoms with Crippen LogP contribution in [0.2, 0.25) is 0 Å². The zero-order chi connectivity index (χ0) is 25.9. The van der Waals surface area contributed by atoms with Gasteiger partial charge in [0.1, 0.15) is 35.5 Å². The normalized spacial score (nSPS) is 26.1. The first-order valence-corrected chi connectivity index (χ1v) is 13.7. The Bertz CT molecular complexity index is 1440. The van der Waals surface area contributed by atoms with Crippen molar-refractivity contribution in [1.29, 1.82) is 0 Å². The van der Waals surface area contributed by atoms with Crippen molar-refractivity contribution in [2.24, 2.45) is 0 Å². The van der Waals surface area contributed by atoms with Gasteiger partial charge in [0.2, 0.25) is 5.88 Å². The molecule has 3 aliphatic rings. The average Bonchev–Trinajstić information content (AvgIpc) is 3.53. The minimum Gasteiger partial charge on any atom is -0.469 e. The van der Waals surface area contributed by atoms with Crippen LogP contribution < -0.4 is 9.64 Å². The van der Waals surface area contributed by atoms with E-state index in [1.807, 2.05) is 4.90 Å². The van der Waals surface area contributed by atoms with Gasteiger partial charge in [0.15, 0.2) is 20.8 Å². The molecule has 0 radical (unpaired) electrons. The Morgan fingerprint density at radius 2 is 1.81 bits per heavy atom. The summed E-state index contributed by atoms with van der Waals surface area (Å²) >= 11 is 0. The van der Waals surface area contributed by atoms with Crippen LogP contribution >= 0.6 is 0 Å². The van der Waals surface area contributed by atoms with Crippen molar-refractivity contribution in [1.82, 2.24) is 9.97 Å². The Balaban J connectivity index is 1.38. The Kier molecular flexibility index (Phi) is 6.07. The van der Waals surface area contributed by atoms with Crippen LogP contribution in [0, 0.1) is 11.6 Å². The van der Waals surface area contributed by atoms with Gasteiger partial charge in [0.25, 0.3) is 0 Å². The number of rotatable bonds is 5. The zero-order valence-electron chi connectivity index (χ0n) is 19.8. The van der Waals surface area contributed by atoms with E-state index in [9.17, 15) is 13.5 Å². The highest BCUT2D eigenvalue weighted by atomic mass is 32.2. The van der Waals surface area contributed by atoms with E-state index in [-0.39, 0.29) is 40.8 Å². The molecule has 6 rings (SSSR count). The number of aromatic nitrogens is 2. The summed E-state index contributed by atoms with van der Waals surface area (Å²) in [7, 11) is -3.89. The van der Waals surface area contributed by atoms with Crippen LogP contribution in [0.3, 0.4) is 0 Å². The second-order valence-corrected chi connectivity index (χ2v) is 11.3. The summed E-state index contributed by atoms with van der Waals surface area (Å²) in [5.41, 5.74) is 0.288. The number of morpholine rings is 1. The third kappa shape index (κ3) is 4.34. The van der Waals surface area contributed by atoms with E-state index in [0.717, 1.165) is 6.26 Å². The minimum atomic E-state index is -3.89. The van der Waals surface area contributed by atoms with Gasteiger partial charge in [0.05, 0.1) is 43.2 Å². The molecule has 0 aliphatic carbocycles. The predicted molar refractivity (Wildman–Crippen MR) is 127 cm³/mol. The number of hydrogen-bond acceptors (Lipinski definition) is 9. The summed E-state index contributed by atoms with van der Waals surface area (Å²) in [5, 5.41) is 9.97. The molecule has 3 saturated heterocycles. The molecular formula is C24H25F2N3O7S. The molecule has 0 amide bonds. The molecule has 2 N–H and O–H groups in total. The number of pyridine rings is 1. The molecule has 0 spiro atoms. The van der Waals surface area contributed by atoms with Gasteiger partial charge >= 0.3 is 0 Å². The van der Waals surface area contributed by atoms with Crippen molar-refractivity contribution in [3.05, 3.63) is 35.9 Å². The SMILES string of the molecule is CS(=O)(=O)c1c(O[C@@H]2CO[C@H]3[C@@H]2OC[C@H]3O)[nH]c2ccc(-c3c(F)cc(N4CCOCC4)cc3F)nc12. The Hall–Kier alpha value is -2.84. The molecule has 4 atom stereocenters. The highest BCUT2D eigenvalue weighted by Gasteiger charge is 2.49. The largest absolute Gasteiger partial charge is 0.469 e. The molecule has 0 unspecified atom stereocenters. The van der Waals surface area contributed by atoms with E-state index < -0.39 is 45.9 Å². The molecule has 1 aromatic carbocycles. The number of aliphatic hydroxyl groups excluding tert-OH is 1. The summed E-state index contributed by atoms with van der Waals surface area (Å²) in [5.74, 6) is -1.70. The molecule has 0 saturated carbocycles. The Labute approximate surface area is 211 Å². The van der Waals surface area contributed by atoms with Gasteiger partial charge in [-0.3, -0.25) is 0 Å². The Morgan fingerprint density at radius 3 is 2.51 bits per heavy atom. The third-order valence-electron chi connectivity index (χ3n) is 6.85. The second-order valence-electron chi connectivity index (χ2n) is 9.35. The van der Waals surface area contributed by atoms with Crippen molar-refractivity contribution in [3.63, 3.8) is 0 Å². The zero-order valence-corrected chi connectivity index (χ0v) is 20.6. The van der Waals surface area contributed by atoms with Crippen molar-refractivity contribution < 1.29 is 41.3 Å². The van der Waals surface area contributed by atoms with Crippen LogP contribution in [0.1, 0.15) is 0 Å². The van der Waals surface area contributed by atoms with E-state index in [4.69, 9.17) is 18.9 Å². The number of benzene rings is 1. The number of nitrogens with one attached hydrogen (secondary N) is 1. The molecule has 3 aliphatic heterocycles. The topological polar surface area (TPSA) is 123 Å². The maximum absolute atomic E-state index is 15.2. The van der Waals surface area contributed by atoms with Gasteiger partial charge in [-0.1, -0.05) is 0 Å². The van der Waals surface area contributed by atoms with E-state index >= 15 is 8.78 Å². The van der Waals surface area contributed by atoms with Crippen LogP contribution in [0.5, 0.6) is 5.88 Å². The summed E-state index contributed by atoms with van der Waals surface area (Å²) < 4.78 is 78.3. The quantitative estimate of drug-likeness (QED) is 0.500. The molecule has 0 bridgehead atoms. The van der Waals surface area contributed by atoms with Crippen molar-refractivity contribution >= 4 is 26.6 Å². The number of aromatic amines is 1. The number of anilines is 1. The number of hydrogen-bond donors (Lipinski definition) is 2. The highest BCUT2D eigenvalue weighted by molar-refractivity contribution is 7.91. The van der Waals surface area contributed by atoms with Gasteiger partial charge in [0, 0.05) is 25.0 Å².